The van der Waals surface area contributed by atoms with Crippen molar-refractivity contribution in [2.75, 3.05) is 0 Å². The summed E-state index contributed by atoms with van der Waals surface area (Å²) in [6.45, 7) is 0. The van der Waals surface area contributed by atoms with E-state index in [-0.39, 0.29) is 37.2 Å². The second kappa shape index (κ2) is 23.1. The standard InChI is InChI=1S/C66H49Si.3ClH.Ti/c1-8-23-49(24-9-1)39-56-37-22-38-66(56)67(63-43-57(50-25-10-2-11-26-50)40-58(44-63)51-27-12-3-13-28-51,64-45-59(52-29-14-4-15-30-52)41-60(46-64)53-31-16-5-17-32-53)65-47-61(54-33-18-6-19-34-54)42-62(48-65)55-35-20-7-21-36-55;;;;/h1-21,23-36,38,40-48H,22,39H2;3*1H;. The van der Waals surface area contributed by atoms with Crippen LogP contribution in [-0.2, 0) is 26.9 Å². The molecule has 11 rings (SSSR count). The molecule has 0 spiro atoms. The van der Waals surface area contributed by atoms with Gasteiger partial charge in [0.05, 0.1) is 0 Å². The molecule has 1 aliphatic rings. The van der Waals surface area contributed by atoms with Crippen LogP contribution in [0.25, 0.3) is 66.8 Å². The zero-order chi connectivity index (χ0) is 45.7. The summed E-state index contributed by atoms with van der Waals surface area (Å²) in [7, 11) is -3.43. The van der Waals surface area contributed by atoms with Crippen molar-refractivity contribution in [1.29, 1.82) is 0 Å². The van der Waals surface area contributed by atoms with Crippen LogP contribution in [0.15, 0.2) is 288 Å². The molecular weight excluding hydrogens is 975 g/mol. The molecule has 0 saturated heterocycles. The fourth-order valence-corrected chi connectivity index (χ4v) is 16.2. The fourth-order valence-electron chi connectivity index (χ4n) is 10.3. The molecule has 0 saturated carbocycles. The van der Waals surface area contributed by atoms with Gasteiger partial charge < -0.3 is 0 Å². The average Bonchev–Trinajstić information content (AvgIpc) is 3.78. The van der Waals surface area contributed by atoms with Gasteiger partial charge in [-0.25, -0.2) is 0 Å². The summed E-state index contributed by atoms with van der Waals surface area (Å²) in [4.78, 5) is 0. The Bertz CT molecular complexity index is 2940. The Morgan fingerprint density at radius 1 is 0.296 bits per heavy atom. The van der Waals surface area contributed by atoms with Crippen molar-refractivity contribution in [2.24, 2.45) is 0 Å². The van der Waals surface area contributed by atoms with Crippen LogP contribution in [-0.4, -0.2) is 8.07 Å². The Morgan fingerprint density at radius 3 is 0.789 bits per heavy atom. The SMILES string of the molecule is Cl.Cl.Cl.[Ti][C]1=C(Cc2ccccc2)C([Si](c2cc(-c3ccccc3)cc(-c3ccccc3)c2)(c2cc(-c3ccccc3)cc(-c3ccccc3)c2)c2cc(-c3ccccc3)cc(-c3ccccc3)c2)=CC1. The van der Waals surface area contributed by atoms with Crippen LogP contribution in [0, 0.1) is 0 Å². The molecular formula is C66H52Cl3SiTi. The number of rotatable bonds is 12. The Hall–Kier alpha value is -6.52. The maximum atomic E-state index is 2.63. The first-order valence-electron chi connectivity index (χ1n) is 23.6. The molecule has 10 aromatic carbocycles. The van der Waals surface area contributed by atoms with Gasteiger partial charge in [0.25, 0.3) is 0 Å². The first-order valence-corrected chi connectivity index (χ1v) is 26.4. The first-order chi connectivity index (χ1) is 33.6. The molecule has 0 unspecified atom stereocenters. The van der Waals surface area contributed by atoms with Crippen molar-refractivity contribution in [3.05, 3.63) is 293 Å². The number of benzene rings is 10. The van der Waals surface area contributed by atoms with Gasteiger partial charge in [0.2, 0.25) is 0 Å². The van der Waals surface area contributed by atoms with Crippen molar-refractivity contribution in [3.8, 4) is 66.8 Å². The fraction of sp³-hybridized carbons (Fsp3) is 0.0303. The van der Waals surface area contributed by atoms with Crippen LogP contribution in [0.4, 0.5) is 0 Å². The molecule has 71 heavy (non-hydrogen) atoms. The summed E-state index contributed by atoms with van der Waals surface area (Å²) >= 11 is 2.38. The van der Waals surface area contributed by atoms with Crippen molar-refractivity contribution < 1.29 is 20.4 Å². The summed E-state index contributed by atoms with van der Waals surface area (Å²) < 4.78 is 1.44. The summed E-state index contributed by atoms with van der Waals surface area (Å²) in [5.41, 5.74) is 17.3. The van der Waals surface area contributed by atoms with Gasteiger partial charge in [-0.2, -0.15) is 0 Å². The molecule has 0 nitrogen and oxygen atoms in total. The molecule has 1 aliphatic carbocycles. The van der Waals surface area contributed by atoms with E-state index in [0.29, 0.717) is 0 Å². The van der Waals surface area contributed by atoms with E-state index in [2.05, 4.69) is 293 Å². The van der Waals surface area contributed by atoms with E-state index in [1.165, 1.54) is 103 Å². The van der Waals surface area contributed by atoms with Gasteiger partial charge in [0, 0.05) is 0 Å². The van der Waals surface area contributed by atoms with Crippen LogP contribution in [0.2, 0.25) is 0 Å². The second-order valence-corrected chi connectivity index (χ2v) is 22.5. The Labute approximate surface area is 450 Å². The summed E-state index contributed by atoms with van der Waals surface area (Å²) in [6.07, 6.45) is 4.39. The molecule has 345 valence electrons. The van der Waals surface area contributed by atoms with E-state index in [9.17, 15) is 0 Å². The van der Waals surface area contributed by atoms with Gasteiger partial charge in [-0.15, -0.1) is 37.2 Å². The van der Waals surface area contributed by atoms with Crippen LogP contribution in [0.1, 0.15) is 12.0 Å². The maximum absolute atomic E-state index is 3.43. The van der Waals surface area contributed by atoms with E-state index < -0.39 is 8.07 Å². The van der Waals surface area contributed by atoms with Gasteiger partial charge in [0.15, 0.2) is 0 Å². The van der Waals surface area contributed by atoms with Gasteiger partial charge >= 0.3 is 417 Å². The van der Waals surface area contributed by atoms with Crippen molar-refractivity contribution >= 4 is 60.9 Å². The van der Waals surface area contributed by atoms with Crippen molar-refractivity contribution in [1.82, 2.24) is 0 Å². The quantitative estimate of drug-likeness (QED) is 0.0845. The topological polar surface area (TPSA) is 0 Å². The second-order valence-electron chi connectivity index (χ2n) is 17.8. The third-order valence-corrected chi connectivity index (χ3v) is 19.1. The average molecular weight is 1030 g/mol. The molecule has 0 bridgehead atoms. The van der Waals surface area contributed by atoms with Crippen LogP contribution >= 0.6 is 37.2 Å². The summed E-state index contributed by atoms with van der Waals surface area (Å²) in [5.74, 6) is 0. The van der Waals surface area contributed by atoms with Gasteiger partial charge in [-0.3, -0.25) is 0 Å². The molecule has 0 radical (unpaired) electrons. The van der Waals surface area contributed by atoms with Crippen molar-refractivity contribution in [2.45, 2.75) is 12.8 Å². The number of hydrogen-bond acceptors (Lipinski definition) is 0. The van der Waals surface area contributed by atoms with Gasteiger partial charge in [0.1, 0.15) is 0 Å². The van der Waals surface area contributed by atoms with Gasteiger partial charge in [-0.05, 0) is 0 Å². The van der Waals surface area contributed by atoms with E-state index in [0.717, 1.165) is 12.8 Å². The van der Waals surface area contributed by atoms with E-state index >= 15 is 0 Å². The molecule has 0 heterocycles. The molecule has 0 amide bonds. The molecule has 0 N–H and O–H groups in total. The van der Waals surface area contributed by atoms with E-state index in [4.69, 9.17) is 0 Å². The van der Waals surface area contributed by atoms with E-state index in [1.807, 2.05) is 0 Å². The monoisotopic (exact) mass is 1030 g/mol. The predicted molar refractivity (Wildman–Crippen MR) is 308 cm³/mol. The van der Waals surface area contributed by atoms with Gasteiger partial charge in [-0.1, -0.05) is 0 Å². The zero-order valence-corrected chi connectivity index (χ0v) is 44.1. The number of halogens is 3. The Kier molecular flexibility index (Phi) is 16.6. The summed E-state index contributed by atoms with van der Waals surface area (Å²) in [6, 6.07) is 99.7. The van der Waals surface area contributed by atoms with Crippen LogP contribution in [0.5, 0.6) is 0 Å². The minimum absolute atomic E-state index is 0. The first kappa shape index (κ1) is 50.9. The Morgan fingerprint density at radius 2 is 0.535 bits per heavy atom. The number of allylic oxidation sites excluding steroid dienone is 4. The third kappa shape index (κ3) is 10.6. The predicted octanol–water partition coefficient (Wildman–Crippen LogP) is 16.3. The van der Waals surface area contributed by atoms with Crippen LogP contribution < -0.4 is 15.6 Å². The normalized spacial score (nSPS) is 12.0. The Balaban J connectivity index is 0.00000225. The zero-order valence-electron chi connectivity index (χ0n) is 39.1. The minimum atomic E-state index is -3.43. The molecule has 0 atom stereocenters. The molecule has 0 aliphatic heterocycles. The molecule has 10 aromatic rings. The molecule has 0 aromatic heterocycles. The van der Waals surface area contributed by atoms with Crippen LogP contribution in [0.3, 0.4) is 0 Å². The third-order valence-electron chi connectivity index (χ3n) is 13.6. The van der Waals surface area contributed by atoms with E-state index in [1.54, 1.807) is 0 Å². The summed E-state index contributed by atoms with van der Waals surface area (Å²) in [5, 5.41) is 5.55. The molecule has 5 heteroatoms. The molecule has 0 fully saturated rings. The van der Waals surface area contributed by atoms with Crippen molar-refractivity contribution in [3.63, 3.8) is 0 Å². The number of hydrogen-bond donors (Lipinski definition) is 0.